The molecule has 29 heavy (non-hydrogen) atoms. The van der Waals surface area contributed by atoms with Crippen LogP contribution in [0.5, 0.6) is 5.75 Å². The van der Waals surface area contributed by atoms with E-state index < -0.39 is 0 Å². The molecule has 2 aromatic heterocycles. The van der Waals surface area contributed by atoms with Crippen molar-refractivity contribution in [1.29, 1.82) is 0 Å². The number of likely N-dealkylation sites (N-methyl/N-ethyl adjacent to an activating group) is 1. The number of aryl methyl sites for hydroxylation is 1. The summed E-state index contributed by atoms with van der Waals surface area (Å²) < 4.78 is 7.45. The molecular weight excluding hydrogens is 382 g/mol. The molecule has 3 rings (SSSR count). The van der Waals surface area contributed by atoms with Crippen molar-refractivity contribution in [1.82, 2.24) is 14.8 Å². The molecule has 0 aliphatic rings. The summed E-state index contributed by atoms with van der Waals surface area (Å²) in [6.07, 6.45) is 0. The van der Waals surface area contributed by atoms with E-state index in [1.54, 1.807) is 18.4 Å². The van der Waals surface area contributed by atoms with Crippen molar-refractivity contribution in [3.63, 3.8) is 0 Å². The van der Waals surface area contributed by atoms with Crippen LogP contribution in [0.25, 0.3) is 0 Å². The highest BCUT2D eigenvalue weighted by molar-refractivity contribution is 7.09. The molecule has 0 radical (unpaired) electrons. The standard InChI is InChI=1S/C23H29N3O2S/c1-16-13-21(17(2)26(16)15-20-7-6-12-29-20)23(27)24-14-22(25(3)4)18-8-10-19(28-5)11-9-18/h6-13,22H,14-15H2,1-5H3,(H,24,27). The van der Waals surface area contributed by atoms with Crippen molar-refractivity contribution in [3.05, 3.63) is 75.2 Å². The van der Waals surface area contributed by atoms with Crippen LogP contribution in [0, 0.1) is 13.8 Å². The van der Waals surface area contributed by atoms with Crippen LogP contribution in [0.2, 0.25) is 0 Å². The molecule has 1 atom stereocenters. The number of hydrogen-bond donors (Lipinski definition) is 1. The maximum absolute atomic E-state index is 12.9. The molecule has 2 heterocycles. The molecule has 0 saturated carbocycles. The second-order valence-electron chi connectivity index (χ2n) is 7.41. The van der Waals surface area contributed by atoms with Crippen LogP contribution >= 0.6 is 11.3 Å². The number of ether oxygens (including phenoxy) is 1. The summed E-state index contributed by atoms with van der Waals surface area (Å²) in [5, 5.41) is 5.21. The molecule has 0 fully saturated rings. The second-order valence-corrected chi connectivity index (χ2v) is 8.45. The highest BCUT2D eigenvalue weighted by atomic mass is 32.1. The van der Waals surface area contributed by atoms with E-state index in [-0.39, 0.29) is 11.9 Å². The zero-order chi connectivity index (χ0) is 21.0. The molecule has 1 aromatic carbocycles. The van der Waals surface area contributed by atoms with Crippen molar-refractivity contribution in [2.24, 2.45) is 0 Å². The van der Waals surface area contributed by atoms with Gasteiger partial charge in [-0.1, -0.05) is 18.2 Å². The molecule has 0 spiro atoms. The van der Waals surface area contributed by atoms with E-state index in [0.29, 0.717) is 6.54 Å². The lowest BCUT2D eigenvalue weighted by molar-refractivity contribution is 0.0941. The largest absolute Gasteiger partial charge is 0.497 e. The normalized spacial score (nSPS) is 12.2. The van der Waals surface area contributed by atoms with Crippen molar-refractivity contribution in [2.75, 3.05) is 27.7 Å². The minimum atomic E-state index is -0.0316. The Bertz CT molecular complexity index is 943. The first-order chi connectivity index (χ1) is 13.9. The Kier molecular flexibility index (Phi) is 6.77. The van der Waals surface area contributed by atoms with Gasteiger partial charge in [-0.05, 0) is 63.2 Å². The van der Waals surface area contributed by atoms with E-state index in [1.165, 1.54) is 4.88 Å². The Balaban J connectivity index is 1.71. The number of carbonyl (C=O) groups is 1. The molecule has 3 aromatic rings. The van der Waals surface area contributed by atoms with Gasteiger partial charge in [-0.15, -0.1) is 11.3 Å². The first-order valence-corrected chi connectivity index (χ1v) is 10.6. The fraction of sp³-hybridized carbons (Fsp3) is 0.348. The molecule has 0 aliphatic carbocycles. The second kappa shape index (κ2) is 9.29. The SMILES string of the molecule is COc1ccc(C(CNC(=O)c2cc(C)n(Cc3cccs3)c2C)N(C)C)cc1. The van der Waals surface area contributed by atoms with Crippen LogP contribution in [0.3, 0.4) is 0 Å². The average Bonchev–Trinajstić information content (AvgIpc) is 3.32. The fourth-order valence-corrected chi connectivity index (χ4v) is 4.23. The summed E-state index contributed by atoms with van der Waals surface area (Å²) >= 11 is 1.73. The first kappa shape index (κ1) is 21.1. The Morgan fingerprint density at radius 3 is 2.52 bits per heavy atom. The number of rotatable bonds is 8. The predicted molar refractivity (Wildman–Crippen MR) is 119 cm³/mol. The number of nitrogens with one attached hydrogen (secondary N) is 1. The molecule has 6 heteroatoms. The lowest BCUT2D eigenvalue weighted by atomic mass is 10.1. The third-order valence-corrected chi connectivity index (χ3v) is 6.15. The molecule has 5 nitrogen and oxygen atoms in total. The number of amides is 1. The molecule has 0 bridgehead atoms. The van der Waals surface area contributed by atoms with Crippen molar-refractivity contribution in [3.8, 4) is 5.75 Å². The minimum Gasteiger partial charge on any atom is -0.497 e. The van der Waals surface area contributed by atoms with Gasteiger partial charge < -0.3 is 19.5 Å². The number of methoxy groups -OCH3 is 1. The van der Waals surface area contributed by atoms with E-state index >= 15 is 0 Å². The lowest BCUT2D eigenvalue weighted by Gasteiger charge is -2.25. The van der Waals surface area contributed by atoms with Gasteiger partial charge in [0, 0.05) is 22.8 Å². The van der Waals surface area contributed by atoms with Gasteiger partial charge in [-0.3, -0.25) is 4.79 Å². The third-order valence-electron chi connectivity index (χ3n) is 5.29. The maximum atomic E-state index is 12.9. The maximum Gasteiger partial charge on any atom is 0.253 e. The first-order valence-electron chi connectivity index (χ1n) is 9.68. The Hall–Kier alpha value is -2.57. The van der Waals surface area contributed by atoms with E-state index in [2.05, 4.69) is 39.2 Å². The molecule has 0 saturated heterocycles. The summed E-state index contributed by atoms with van der Waals surface area (Å²) in [6.45, 7) is 5.40. The lowest BCUT2D eigenvalue weighted by Crippen LogP contribution is -2.34. The van der Waals surface area contributed by atoms with Gasteiger partial charge in [0.25, 0.3) is 5.91 Å². The number of aromatic nitrogens is 1. The van der Waals surface area contributed by atoms with Gasteiger partial charge in [-0.2, -0.15) is 0 Å². The van der Waals surface area contributed by atoms with Gasteiger partial charge in [0.1, 0.15) is 5.75 Å². The minimum absolute atomic E-state index is 0.0316. The summed E-state index contributed by atoms with van der Waals surface area (Å²) in [4.78, 5) is 16.3. The van der Waals surface area contributed by atoms with Gasteiger partial charge in [0.2, 0.25) is 0 Å². The van der Waals surface area contributed by atoms with Crippen molar-refractivity contribution >= 4 is 17.2 Å². The van der Waals surface area contributed by atoms with E-state index in [4.69, 9.17) is 4.74 Å². The third kappa shape index (κ3) is 4.89. The van der Waals surface area contributed by atoms with Crippen LogP contribution in [0.4, 0.5) is 0 Å². The molecule has 0 aliphatic heterocycles. The molecule has 1 unspecified atom stereocenters. The van der Waals surface area contributed by atoms with Crippen LogP contribution in [0.1, 0.15) is 38.2 Å². The molecule has 154 valence electrons. The number of benzene rings is 1. The topological polar surface area (TPSA) is 46.5 Å². The Morgan fingerprint density at radius 2 is 1.93 bits per heavy atom. The van der Waals surface area contributed by atoms with Crippen LogP contribution < -0.4 is 10.1 Å². The van der Waals surface area contributed by atoms with Crippen molar-refractivity contribution in [2.45, 2.75) is 26.4 Å². The average molecular weight is 412 g/mol. The molecule has 1 N–H and O–H groups in total. The Morgan fingerprint density at radius 1 is 1.21 bits per heavy atom. The zero-order valence-electron chi connectivity index (χ0n) is 17.7. The van der Waals surface area contributed by atoms with Crippen molar-refractivity contribution < 1.29 is 9.53 Å². The van der Waals surface area contributed by atoms with Gasteiger partial charge in [0.05, 0.1) is 25.3 Å². The summed E-state index contributed by atoms with van der Waals surface area (Å²) in [6, 6.07) is 14.2. The smallest absolute Gasteiger partial charge is 0.253 e. The van der Waals surface area contributed by atoms with Crippen LogP contribution in [0.15, 0.2) is 47.8 Å². The fourth-order valence-electron chi connectivity index (χ4n) is 3.54. The quantitative estimate of drug-likeness (QED) is 0.603. The zero-order valence-corrected chi connectivity index (χ0v) is 18.5. The van der Waals surface area contributed by atoms with Gasteiger partial charge in [0.15, 0.2) is 0 Å². The number of carbonyl (C=O) groups excluding carboxylic acids is 1. The van der Waals surface area contributed by atoms with E-state index in [1.807, 2.05) is 51.4 Å². The Labute approximate surface area is 176 Å². The van der Waals surface area contributed by atoms with Gasteiger partial charge >= 0.3 is 0 Å². The highest BCUT2D eigenvalue weighted by Crippen LogP contribution is 2.22. The van der Waals surface area contributed by atoms with E-state index in [9.17, 15) is 4.79 Å². The van der Waals surface area contributed by atoms with Gasteiger partial charge in [-0.25, -0.2) is 0 Å². The number of thiophene rings is 1. The van der Waals surface area contributed by atoms with Crippen LogP contribution in [-0.4, -0.2) is 43.1 Å². The predicted octanol–water partition coefficient (Wildman–Crippen LogP) is 4.26. The summed E-state index contributed by atoms with van der Waals surface area (Å²) in [5.41, 5.74) is 3.98. The number of nitrogens with zero attached hydrogens (tertiary/aromatic N) is 2. The van der Waals surface area contributed by atoms with E-state index in [0.717, 1.165) is 34.8 Å². The summed E-state index contributed by atoms with van der Waals surface area (Å²) in [7, 11) is 5.70. The molecule has 1 amide bonds. The number of hydrogen-bond acceptors (Lipinski definition) is 4. The van der Waals surface area contributed by atoms with Crippen LogP contribution in [-0.2, 0) is 6.54 Å². The monoisotopic (exact) mass is 411 g/mol. The summed E-state index contributed by atoms with van der Waals surface area (Å²) in [5.74, 6) is 0.796. The molecular formula is C23H29N3O2S. The highest BCUT2D eigenvalue weighted by Gasteiger charge is 2.19.